The minimum Gasteiger partial charge on any atom is -0.316 e. The number of hydrogen-bond acceptors (Lipinski definition) is 3. The number of hydrogen-bond donors (Lipinski definition) is 1. The topological polar surface area (TPSA) is 53.1 Å². The molecule has 0 aromatic heterocycles. The molecule has 0 radical (unpaired) electrons. The fourth-order valence-corrected chi connectivity index (χ4v) is 2.82. The fourth-order valence-electron chi connectivity index (χ4n) is 2.82. The molecule has 0 aromatic rings. The van der Waals surface area contributed by atoms with E-state index >= 15 is 0 Å². The van der Waals surface area contributed by atoms with E-state index in [1.165, 1.54) is 32.2 Å². The van der Waals surface area contributed by atoms with E-state index in [1.54, 1.807) is 0 Å². The number of nitrogens with zero attached hydrogens (tertiary/aromatic N) is 2. The molecule has 0 spiro atoms. The molecule has 1 saturated carbocycles. The highest BCUT2D eigenvalue weighted by Crippen LogP contribution is 2.34. The predicted molar refractivity (Wildman–Crippen MR) is 55.5 cm³/mol. The average molecular weight is 193 g/mol. The SMILES string of the molecule is N#CC(N)CCN1CC2CCC1CC2. The van der Waals surface area contributed by atoms with E-state index in [0.29, 0.717) is 0 Å². The maximum atomic E-state index is 8.60. The van der Waals surface area contributed by atoms with Crippen LogP contribution >= 0.6 is 0 Å². The third-order valence-corrected chi connectivity index (χ3v) is 3.72. The Bertz CT molecular complexity index is 225. The zero-order chi connectivity index (χ0) is 9.97. The van der Waals surface area contributed by atoms with Crippen molar-refractivity contribution in [1.29, 1.82) is 5.26 Å². The molecule has 3 nitrogen and oxygen atoms in total. The van der Waals surface area contributed by atoms with Gasteiger partial charge < -0.3 is 10.6 Å². The largest absolute Gasteiger partial charge is 0.316 e. The Balaban J connectivity index is 1.79. The average Bonchev–Trinajstić information content (AvgIpc) is 2.27. The summed E-state index contributed by atoms with van der Waals surface area (Å²) in [6, 6.07) is 2.63. The summed E-state index contributed by atoms with van der Waals surface area (Å²) < 4.78 is 0. The Morgan fingerprint density at radius 1 is 1.36 bits per heavy atom. The molecule has 1 atom stereocenters. The fraction of sp³-hybridized carbons (Fsp3) is 0.909. The molecular weight excluding hydrogens is 174 g/mol. The zero-order valence-electron chi connectivity index (χ0n) is 8.65. The van der Waals surface area contributed by atoms with E-state index in [9.17, 15) is 0 Å². The molecule has 2 aliphatic heterocycles. The van der Waals surface area contributed by atoms with Crippen molar-refractivity contribution >= 4 is 0 Å². The number of nitrogens with two attached hydrogens (primary N) is 1. The van der Waals surface area contributed by atoms with Gasteiger partial charge in [0.05, 0.1) is 12.1 Å². The van der Waals surface area contributed by atoms with E-state index in [-0.39, 0.29) is 6.04 Å². The van der Waals surface area contributed by atoms with Gasteiger partial charge in [0.1, 0.15) is 0 Å². The molecule has 2 N–H and O–H groups in total. The van der Waals surface area contributed by atoms with Gasteiger partial charge in [0.15, 0.2) is 0 Å². The van der Waals surface area contributed by atoms with Crippen LogP contribution in [0.3, 0.4) is 0 Å². The van der Waals surface area contributed by atoms with E-state index in [0.717, 1.165) is 24.9 Å². The second kappa shape index (κ2) is 4.29. The first kappa shape index (κ1) is 9.95. The van der Waals surface area contributed by atoms with Gasteiger partial charge >= 0.3 is 0 Å². The van der Waals surface area contributed by atoms with E-state index in [1.807, 2.05) is 0 Å². The van der Waals surface area contributed by atoms with Gasteiger partial charge in [-0.15, -0.1) is 0 Å². The quantitative estimate of drug-likeness (QED) is 0.730. The molecule has 1 unspecified atom stereocenters. The predicted octanol–water partition coefficient (Wildman–Crippen LogP) is 1.10. The molecule has 14 heavy (non-hydrogen) atoms. The van der Waals surface area contributed by atoms with Gasteiger partial charge in [-0.1, -0.05) is 0 Å². The Morgan fingerprint density at radius 2 is 2.07 bits per heavy atom. The molecule has 3 rings (SSSR count). The molecule has 3 aliphatic rings. The van der Waals surface area contributed by atoms with Crippen molar-refractivity contribution in [2.45, 2.75) is 44.2 Å². The van der Waals surface area contributed by atoms with Crippen molar-refractivity contribution in [2.75, 3.05) is 13.1 Å². The zero-order valence-corrected chi connectivity index (χ0v) is 8.65. The van der Waals surface area contributed by atoms with Crippen LogP contribution in [0.15, 0.2) is 0 Å². The first-order valence-electron chi connectivity index (χ1n) is 5.69. The van der Waals surface area contributed by atoms with Gasteiger partial charge in [-0.05, 0) is 38.0 Å². The third kappa shape index (κ3) is 2.08. The molecule has 1 aliphatic carbocycles. The number of nitriles is 1. The molecule has 0 aromatic carbocycles. The maximum Gasteiger partial charge on any atom is 0.0940 e. The lowest BCUT2D eigenvalue weighted by Gasteiger charge is -2.45. The molecule has 3 heteroatoms. The van der Waals surface area contributed by atoms with Crippen molar-refractivity contribution < 1.29 is 0 Å². The monoisotopic (exact) mass is 193 g/mol. The molecule has 2 bridgehead atoms. The Kier molecular flexibility index (Phi) is 3.05. The van der Waals surface area contributed by atoms with E-state index in [4.69, 9.17) is 11.0 Å². The minimum absolute atomic E-state index is 0.268. The third-order valence-electron chi connectivity index (χ3n) is 3.72. The van der Waals surface area contributed by atoms with Crippen LogP contribution in [0.2, 0.25) is 0 Å². The summed E-state index contributed by atoms with van der Waals surface area (Å²) in [4.78, 5) is 2.55. The summed E-state index contributed by atoms with van der Waals surface area (Å²) in [6.45, 7) is 2.28. The normalized spacial score (nSPS) is 34.0. The van der Waals surface area contributed by atoms with Gasteiger partial charge in [0.2, 0.25) is 0 Å². The Hall–Kier alpha value is -0.590. The maximum absolute atomic E-state index is 8.60. The molecule has 2 saturated heterocycles. The van der Waals surface area contributed by atoms with Crippen molar-refractivity contribution in [1.82, 2.24) is 4.90 Å². The van der Waals surface area contributed by atoms with Crippen LogP contribution in [-0.4, -0.2) is 30.1 Å². The van der Waals surface area contributed by atoms with Gasteiger partial charge in [0.25, 0.3) is 0 Å². The Morgan fingerprint density at radius 3 is 2.57 bits per heavy atom. The summed E-state index contributed by atoms with van der Waals surface area (Å²) in [5.74, 6) is 0.929. The second-order valence-electron chi connectivity index (χ2n) is 4.69. The standard InChI is InChI=1S/C11H19N3/c12-7-10(13)5-6-14-8-9-1-3-11(14)4-2-9/h9-11H,1-6,8,13H2. The Labute approximate surface area is 85.9 Å². The van der Waals surface area contributed by atoms with Crippen LogP contribution in [0.25, 0.3) is 0 Å². The summed E-state index contributed by atoms with van der Waals surface area (Å²) in [6.07, 6.45) is 6.41. The van der Waals surface area contributed by atoms with Crippen molar-refractivity contribution in [3.05, 3.63) is 0 Å². The van der Waals surface area contributed by atoms with Crippen molar-refractivity contribution in [2.24, 2.45) is 11.7 Å². The van der Waals surface area contributed by atoms with Crippen molar-refractivity contribution in [3.63, 3.8) is 0 Å². The van der Waals surface area contributed by atoms with Gasteiger partial charge in [-0.25, -0.2) is 0 Å². The van der Waals surface area contributed by atoms with E-state index in [2.05, 4.69) is 11.0 Å². The lowest BCUT2D eigenvalue weighted by atomic mass is 9.80. The summed E-state index contributed by atoms with van der Waals surface area (Å²) in [5, 5.41) is 8.60. The summed E-state index contributed by atoms with van der Waals surface area (Å²) >= 11 is 0. The van der Waals surface area contributed by atoms with Crippen molar-refractivity contribution in [3.8, 4) is 6.07 Å². The number of rotatable bonds is 3. The van der Waals surface area contributed by atoms with E-state index < -0.39 is 0 Å². The smallest absolute Gasteiger partial charge is 0.0940 e. The molecule has 0 amide bonds. The summed E-state index contributed by atoms with van der Waals surface area (Å²) in [5.41, 5.74) is 5.60. The van der Waals surface area contributed by atoms with Crippen LogP contribution in [0.4, 0.5) is 0 Å². The molecule has 2 heterocycles. The highest BCUT2D eigenvalue weighted by Gasteiger charge is 2.33. The highest BCUT2D eigenvalue weighted by atomic mass is 15.2. The second-order valence-corrected chi connectivity index (χ2v) is 4.69. The first-order valence-corrected chi connectivity index (χ1v) is 5.69. The number of piperidine rings is 2. The molecular formula is C11H19N3. The number of fused-ring (bicyclic) bond motifs is 3. The van der Waals surface area contributed by atoms with Crippen LogP contribution in [0, 0.1) is 17.2 Å². The van der Waals surface area contributed by atoms with Gasteiger partial charge in [-0.3, -0.25) is 0 Å². The lowest BCUT2D eigenvalue weighted by molar-refractivity contribution is 0.0478. The van der Waals surface area contributed by atoms with Gasteiger partial charge in [0, 0.05) is 19.1 Å². The molecule has 78 valence electrons. The molecule has 3 fully saturated rings. The van der Waals surface area contributed by atoms with Crippen LogP contribution in [0.1, 0.15) is 32.1 Å². The van der Waals surface area contributed by atoms with Crippen LogP contribution in [-0.2, 0) is 0 Å². The van der Waals surface area contributed by atoms with Crippen LogP contribution < -0.4 is 5.73 Å². The minimum atomic E-state index is -0.268. The lowest BCUT2D eigenvalue weighted by Crippen LogP contribution is -2.48. The van der Waals surface area contributed by atoms with Gasteiger partial charge in [-0.2, -0.15) is 5.26 Å². The highest BCUT2D eigenvalue weighted by molar-refractivity contribution is 4.91. The summed E-state index contributed by atoms with van der Waals surface area (Å²) in [7, 11) is 0. The first-order chi connectivity index (χ1) is 6.79. The van der Waals surface area contributed by atoms with Crippen LogP contribution in [0.5, 0.6) is 0 Å².